The van der Waals surface area contributed by atoms with Crippen LogP contribution in [0.15, 0.2) is 0 Å². The Morgan fingerprint density at radius 3 is 2.56 bits per heavy atom. The van der Waals surface area contributed by atoms with Crippen molar-refractivity contribution >= 4 is 5.91 Å². The van der Waals surface area contributed by atoms with Gasteiger partial charge in [0.25, 0.3) is 0 Å². The van der Waals surface area contributed by atoms with Crippen LogP contribution < -0.4 is 10.6 Å². The molecule has 2 N–H and O–H groups in total. The largest absolute Gasteiger partial charge is 0.355 e. The van der Waals surface area contributed by atoms with Crippen molar-refractivity contribution in [3.63, 3.8) is 0 Å². The van der Waals surface area contributed by atoms with Gasteiger partial charge >= 0.3 is 0 Å². The van der Waals surface area contributed by atoms with Gasteiger partial charge in [-0.05, 0) is 31.6 Å². The molecular weight excluding hydrogens is 200 g/mol. The van der Waals surface area contributed by atoms with Gasteiger partial charge in [-0.15, -0.1) is 0 Å². The lowest BCUT2D eigenvalue weighted by molar-refractivity contribution is -0.120. The zero-order chi connectivity index (χ0) is 11.2. The van der Waals surface area contributed by atoms with Crippen LogP contribution in [0, 0.1) is 5.92 Å². The van der Waals surface area contributed by atoms with E-state index in [1.807, 2.05) is 0 Å². The van der Waals surface area contributed by atoms with Crippen molar-refractivity contribution < 1.29 is 4.79 Å². The molecule has 0 unspecified atom stereocenters. The minimum absolute atomic E-state index is 0.165. The molecule has 0 atom stereocenters. The SMILES string of the molecule is O=C(CNC1CC1)NCCCC1CCCC1. The van der Waals surface area contributed by atoms with E-state index < -0.39 is 0 Å². The molecule has 2 rings (SSSR count). The quantitative estimate of drug-likeness (QED) is 0.648. The Morgan fingerprint density at radius 1 is 1.12 bits per heavy atom. The minimum Gasteiger partial charge on any atom is -0.355 e. The highest BCUT2D eigenvalue weighted by Crippen LogP contribution is 2.28. The van der Waals surface area contributed by atoms with Crippen LogP contribution in [0.5, 0.6) is 0 Å². The third-order valence-electron chi connectivity index (χ3n) is 3.71. The summed E-state index contributed by atoms with van der Waals surface area (Å²) in [6, 6.07) is 0.629. The molecule has 0 aromatic carbocycles. The van der Waals surface area contributed by atoms with E-state index in [0.29, 0.717) is 12.6 Å². The van der Waals surface area contributed by atoms with Crippen molar-refractivity contribution in [3.8, 4) is 0 Å². The van der Waals surface area contributed by atoms with Gasteiger partial charge in [0.15, 0.2) is 0 Å². The summed E-state index contributed by atoms with van der Waals surface area (Å²) in [6.07, 6.45) is 10.6. The van der Waals surface area contributed by atoms with Gasteiger partial charge in [0.1, 0.15) is 0 Å². The third-order valence-corrected chi connectivity index (χ3v) is 3.71. The first kappa shape index (κ1) is 11.9. The molecule has 2 aliphatic carbocycles. The van der Waals surface area contributed by atoms with E-state index in [0.717, 1.165) is 18.9 Å². The monoisotopic (exact) mass is 224 g/mol. The summed E-state index contributed by atoms with van der Waals surface area (Å²) < 4.78 is 0. The Morgan fingerprint density at radius 2 is 1.88 bits per heavy atom. The Hall–Kier alpha value is -0.570. The van der Waals surface area contributed by atoms with Crippen molar-refractivity contribution in [3.05, 3.63) is 0 Å². The van der Waals surface area contributed by atoms with Crippen LogP contribution in [0.25, 0.3) is 0 Å². The highest BCUT2D eigenvalue weighted by molar-refractivity contribution is 5.77. The molecule has 2 saturated carbocycles. The Kier molecular flexibility index (Phi) is 4.64. The van der Waals surface area contributed by atoms with Crippen molar-refractivity contribution in [2.24, 2.45) is 5.92 Å². The van der Waals surface area contributed by atoms with Gasteiger partial charge in [-0.1, -0.05) is 25.7 Å². The summed E-state index contributed by atoms with van der Waals surface area (Å²) in [5, 5.41) is 6.21. The molecule has 92 valence electrons. The predicted molar refractivity (Wildman–Crippen MR) is 65.2 cm³/mol. The van der Waals surface area contributed by atoms with E-state index >= 15 is 0 Å². The fourth-order valence-corrected chi connectivity index (χ4v) is 2.50. The van der Waals surface area contributed by atoms with Gasteiger partial charge < -0.3 is 10.6 Å². The van der Waals surface area contributed by atoms with Crippen molar-refractivity contribution in [1.82, 2.24) is 10.6 Å². The number of carbonyl (C=O) groups is 1. The van der Waals surface area contributed by atoms with Gasteiger partial charge in [0.2, 0.25) is 5.91 Å². The Labute approximate surface area is 98.4 Å². The summed E-state index contributed by atoms with van der Waals surface area (Å²) in [6.45, 7) is 1.37. The van der Waals surface area contributed by atoms with Gasteiger partial charge in [0, 0.05) is 12.6 Å². The normalized spacial score (nSPS) is 21.2. The van der Waals surface area contributed by atoms with E-state index in [-0.39, 0.29) is 5.91 Å². The number of rotatable bonds is 7. The molecule has 3 heteroatoms. The zero-order valence-electron chi connectivity index (χ0n) is 10.1. The minimum atomic E-state index is 0.165. The number of hydrogen-bond acceptors (Lipinski definition) is 2. The van der Waals surface area contributed by atoms with Gasteiger partial charge in [-0.2, -0.15) is 0 Å². The first-order valence-corrected chi connectivity index (χ1v) is 6.84. The van der Waals surface area contributed by atoms with Crippen LogP contribution >= 0.6 is 0 Å². The standard InChI is InChI=1S/C13H24N2O/c16-13(10-15-12-7-8-12)14-9-3-6-11-4-1-2-5-11/h11-12,15H,1-10H2,(H,14,16). The van der Waals surface area contributed by atoms with Crippen LogP contribution in [0.2, 0.25) is 0 Å². The molecule has 2 aliphatic rings. The maximum atomic E-state index is 11.4. The van der Waals surface area contributed by atoms with Crippen LogP contribution in [0.4, 0.5) is 0 Å². The van der Waals surface area contributed by atoms with E-state index in [4.69, 9.17) is 0 Å². The van der Waals surface area contributed by atoms with Crippen molar-refractivity contribution in [2.45, 2.75) is 57.4 Å². The van der Waals surface area contributed by atoms with Gasteiger partial charge in [0.05, 0.1) is 6.54 Å². The topological polar surface area (TPSA) is 41.1 Å². The molecule has 0 aliphatic heterocycles. The molecule has 16 heavy (non-hydrogen) atoms. The maximum absolute atomic E-state index is 11.4. The lowest BCUT2D eigenvalue weighted by Crippen LogP contribution is -2.35. The first-order chi connectivity index (χ1) is 7.84. The van der Waals surface area contributed by atoms with Crippen molar-refractivity contribution in [2.75, 3.05) is 13.1 Å². The summed E-state index contributed by atoms with van der Waals surface area (Å²) in [7, 11) is 0. The molecule has 0 saturated heterocycles. The first-order valence-electron chi connectivity index (χ1n) is 6.84. The lowest BCUT2D eigenvalue weighted by atomic mass is 10.0. The highest BCUT2D eigenvalue weighted by Gasteiger charge is 2.21. The van der Waals surface area contributed by atoms with E-state index in [1.165, 1.54) is 44.9 Å². The molecule has 3 nitrogen and oxygen atoms in total. The van der Waals surface area contributed by atoms with Crippen molar-refractivity contribution in [1.29, 1.82) is 0 Å². The Bertz CT molecular complexity index is 220. The fraction of sp³-hybridized carbons (Fsp3) is 0.923. The summed E-state index contributed by atoms with van der Waals surface area (Å²) in [5.41, 5.74) is 0. The molecule has 0 heterocycles. The number of carbonyl (C=O) groups excluding carboxylic acids is 1. The highest BCUT2D eigenvalue weighted by atomic mass is 16.1. The van der Waals surface area contributed by atoms with Crippen LogP contribution in [0.1, 0.15) is 51.4 Å². The van der Waals surface area contributed by atoms with E-state index in [9.17, 15) is 4.79 Å². The van der Waals surface area contributed by atoms with Gasteiger partial charge in [-0.3, -0.25) is 4.79 Å². The average Bonchev–Trinajstić information content (AvgIpc) is 2.97. The molecular formula is C13H24N2O. The molecule has 0 bridgehead atoms. The second-order valence-electron chi connectivity index (χ2n) is 5.30. The smallest absolute Gasteiger partial charge is 0.233 e. The number of nitrogens with one attached hydrogen (secondary N) is 2. The molecule has 1 amide bonds. The van der Waals surface area contributed by atoms with E-state index in [1.54, 1.807) is 0 Å². The second kappa shape index (κ2) is 6.24. The molecule has 0 aromatic heterocycles. The van der Waals surface area contributed by atoms with E-state index in [2.05, 4.69) is 10.6 Å². The second-order valence-corrected chi connectivity index (χ2v) is 5.30. The summed E-state index contributed by atoms with van der Waals surface area (Å²) >= 11 is 0. The molecule has 0 aromatic rings. The Balaban J connectivity index is 1.42. The third kappa shape index (κ3) is 4.52. The van der Waals surface area contributed by atoms with Crippen LogP contribution in [0.3, 0.4) is 0 Å². The number of hydrogen-bond donors (Lipinski definition) is 2. The van der Waals surface area contributed by atoms with Gasteiger partial charge in [-0.25, -0.2) is 0 Å². The maximum Gasteiger partial charge on any atom is 0.233 e. The average molecular weight is 224 g/mol. The lowest BCUT2D eigenvalue weighted by Gasteiger charge is -2.09. The number of amides is 1. The zero-order valence-corrected chi connectivity index (χ0v) is 10.1. The summed E-state index contributed by atoms with van der Waals surface area (Å²) in [5.74, 6) is 1.11. The van der Waals surface area contributed by atoms with Crippen LogP contribution in [-0.4, -0.2) is 25.0 Å². The fourth-order valence-electron chi connectivity index (χ4n) is 2.50. The summed E-state index contributed by atoms with van der Waals surface area (Å²) in [4.78, 5) is 11.4. The molecule has 0 spiro atoms. The predicted octanol–water partition coefficient (Wildman–Crippen LogP) is 1.82. The molecule has 0 radical (unpaired) electrons. The molecule has 2 fully saturated rings. The van der Waals surface area contributed by atoms with Crippen LogP contribution in [-0.2, 0) is 4.79 Å².